The number of nitrogens with one attached hydrogen (secondary N) is 2. The van der Waals surface area contributed by atoms with Crippen molar-refractivity contribution in [2.24, 2.45) is 0 Å². The van der Waals surface area contributed by atoms with Crippen molar-refractivity contribution in [1.29, 1.82) is 0 Å². The van der Waals surface area contributed by atoms with Gasteiger partial charge in [0, 0.05) is 23.1 Å². The molecule has 2 aliphatic heterocycles. The van der Waals surface area contributed by atoms with Crippen LogP contribution >= 0.6 is 0 Å². The molecule has 6 nitrogen and oxygen atoms in total. The molecule has 0 radical (unpaired) electrons. The minimum Gasteiger partial charge on any atom is -0.454 e. The molecule has 1 amide bonds. The Morgan fingerprint density at radius 1 is 1.12 bits per heavy atom. The monoisotopic (exact) mass is 335 g/mol. The molecule has 0 saturated heterocycles. The van der Waals surface area contributed by atoms with Crippen molar-refractivity contribution in [3.05, 3.63) is 35.9 Å². The number of carbonyl (C=O) groups excluding carboxylic acids is 1. The van der Waals surface area contributed by atoms with E-state index in [0.717, 1.165) is 45.2 Å². The number of ether oxygens (including phenoxy) is 2. The number of hydrogen-bond donors (Lipinski definition) is 2. The Hall–Kier alpha value is -3.02. The standard InChI is InChI=1S/C19H17N3O3/c1-19(2)8-17(23)20-12-7-14-13(6-11(12)19)21-18(22-14)10-3-4-15-16(5-10)25-9-24-15/h3-7H,8-9H2,1-2H3,(H,20,23)(H,21,22). The molecule has 2 N–H and O–H groups in total. The molecule has 1 aromatic heterocycles. The summed E-state index contributed by atoms with van der Waals surface area (Å²) in [5.74, 6) is 2.29. The smallest absolute Gasteiger partial charge is 0.231 e. The van der Waals surface area contributed by atoms with E-state index in [1.165, 1.54) is 0 Å². The van der Waals surface area contributed by atoms with Gasteiger partial charge in [0.15, 0.2) is 11.5 Å². The van der Waals surface area contributed by atoms with E-state index in [4.69, 9.17) is 9.47 Å². The molecule has 2 aromatic carbocycles. The van der Waals surface area contributed by atoms with Crippen molar-refractivity contribution in [3.8, 4) is 22.9 Å². The van der Waals surface area contributed by atoms with Crippen molar-refractivity contribution in [3.63, 3.8) is 0 Å². The van der Waals surface area contributed by atoms with Gasteiger partial charge in [0.25, 0.3) is 0 Å². The highest BCUT2D eigenvalue weighted by atomic mass is 16.7. The van der Waals surface area contributed by atoms with E-state index in [0.29, 0.717) is 6.42 Å². The average molecular weight is 335 g/mol. The molecule has 2 aliphatic rings. The van der Waals surface area contributed by atoms with Gasteiger partial charge in [-0.1, -0.05) is 13.8 Å². The number of benzene rings is 2. The van der Waals surface area contributed by atoms with Crippen molar-refractivity contribution in [2.45, 2.75) is 25.7 Å². The summed E-state index contributed by atoms with van der Waals surface area (Å²) in [4.78, 5) is 20.0. The summed E-state index contributed by atoms with van der Waals surface area (Å²) in [6.07, 6.45) is 0.481. The molecule has 0 fully saturated rings. The van der Waals surface area contributed by atoms with E-state index in [1.807, 2.05) is 24.3 Å². The third kappa shape index (κ3) is 2.17. The lowest BCUT2D eigenvalue weighted by Gasteiger charge is -2.31. The Balaban J connectivity index is 1.64. The largest absolute Gasteiger partial charge is 0.454 e. The number of aromatic nitrogens is 2. The summed E-state index contributed by atoms with van der Waals surface area (Å²) in [6.45, 7) is 4.43. The fraction of sp³-hybridized carbons (Fsp3) is 0.263. The van der Waals surface area contributed by atoms with Crippen molar-refractivity contribution in [2.75, 3.05) is 12.1 Å². The van der Waals surface area contributed by atoms with E-state index < -0.39 is 0 Å². The third-order valence-electron chi connectivity index (χ3n) is 4.87. The molecule has 0 aliphatic carbocycles. The molecule has 126 valence electrons. The van der Waals surface area contributed by atoms with Gasteiger partial charge in [-0.2, -0.15) is 0 Å². The van der Waals surface area contributed by atoms with E-state index in [2.05, 4.69) is 35.2 Å². The van der Waals surface area contributed by atoms with Crippen LogP contribution in [-0.2, 0) is 10.2 Å². The van der Waals surface area contributed by atoms with Gasteiger partial charge in [-0.15, -0.1) is 0 Å². The van der Waals surface area contributed by atoms with Crippen LogP contribution in [0.3, 0.4) is 0 Å². The third-order valence-corrected chi connectivity index (χ3v) is 4.87. The number of rotatable bonds is 1. The van der Waals surface area contributed by atoms with E-state index >= 15 is 0 Å². The number of H-pyrrole nitrogens is 1. The molecule has 25 heavy (non-hydrogen) atoms. The number of nitrogens with zero attached hydrogens (tertiary/aromatic N) is 1. The normalized spacial score (nSPS) is 17.4. The van der Waals surface area contributed by atoms with Crippen molar-refractivity contribution >= 4 is 22.6 Å². The highest BCUT2D eigenvalue weighted by Crippen LogP contribution is 2.40. The summed E-state index contributed by atoms with van der Waals surface area (Å²) >= 11 is 0. The predicted molar refractivity (Wildman–Crippen MR) is 93.9 cm³/mol. The van der Waals surface area contributed by atoms with Crippen LogP contribution in [0.5, 0.6) is 11.5 Å². The van der Waals surface area contributed by atoms with E-state index in [9.17, 15) is 4.79 Å². The molecule has 6 heteroatoms. The maximum atomic E-state index is 11.9. The predicted octanol–water partition coefficient (Wildman–Crippen LogP) is 3.58. The lowest BCUT2D eigenvalue weighted by Crippen LogP contribution is -2.32. The molecule has 0 atom stereocenters. The summed E-state index contributed by atoms with van der Waals surface area (Å²) < 4.78 is 10.8. The van der Waals surface area contributed by atoms with Gasteiger partial charge in [0.1, 0.15) is 5.82 Å². The molecular weight excluding hydrogens is 318 g/mol. The molecule has 0 unspecified atom stereocenters. The second-order valence-corrected chi connectivity index (χ2v) is 7.18. The topological polar surface area (TPSA) is 76.2 Å². The van der Waals surface area contributed by atoms with Crippen LogP contribution in [0.2, 0.25) is 0 Å². The zero-order valence-corrected chi connectivity index (χ0v) is 14.0. The minimum atomic E-state index is -0.199. The van der Waals surface area contributed by atoms with Gasteiger partial charge in [0.05, 0.1) is 11.0 Å². The first-order valence-corrected chi connectivity index (χ1v) is 8.24. The van der Waals surface area contributed by atoms with Crippen LogP contribution in [0.15, 0.2) is 30.3 Å². The second-order valence-electron chi connectivity index (χ2n) is 7.18. The molecule has 0 saturated carbocycles. The molecule has 3 aromatic rings. The Kier molecular flexibility index (Phi) is 2.72. The number of anilines is 1. The highest BCUT2D eigenvalue weighted by molar-refractivity contribution is 5.98. The zero-order valence-electron chi connectivity index (χ0n) is 14.0. The Morgan fingerprint density at radius 3 is 2.84 bits per heavy atom. The summed E-state index contributed by atoms with van der Waals surface area (Å²) in [7, 11) is 0. The molecular formula is C19H17N3O3. The van der Waals surface area contributed by atoms with E-state index in [-0.39, 0.29) is 18.1 Å². The number of carbonyl (C=O) groups is 1. The number of imidazole rings is 1. The number of amides is 1. The zero-order chi connectivity index (χ0) is 17.2. The van der Waals surface area contributed by atoms with Crippen molar-refractivity contribution in [1.82, 2.24) is 9.97 Å². The SMILES string of the molecule is CC1(C)CC(=O)Nc2cc3nc(-c4ccc5c(c4)OCO5)[nH]c3cc21. The van der Waals surface area contributed by atoms with Crippen LogP contribution in [0.4, 0.5) is 5.69 Å². The first-order valence-electron chi connectivity index (χ1n) is 8.24. The first kappa shape index (κ1) is 14.3. The number of hydrogen-bond acceptors (Lipinski definition) is 4. The first-order chi connectivity index (χ1) is 12.0. The fourth-order valence-corrected chi connectivity index (χ4v) is 3.59. The number of fused-ring (bicyclic) bond motifs is 3. The van der Waals surface area contributed by atoms with Crippen LogP contribution in [0.1, 0.15) is 25.8 Å². The average Bonchev–Trinajstić information content (AvgIpc) is 3.17. The Bertz CT molecular complexity index is 1040. The van der Waals surface area contributed by atoms with Gasteiger partial charge in [-0.25, -0.2) is 4.98 Å². The maximum Gasteiger partial charge on any atom is 0.231 e. The Labute approximate surface area is 144 Å². The van der Waals surface area contributed by atoms with Crippen LogP contribution in [-0.4, -0.2) is 22.7 Å². The maximum absolute atomic E-state index is 11.9. The van der Waals surface area contributed by atoms with E-state index in [1.54, 1.807) is 0 Å². The summed E-state index contributed by atoms with van der Waals surface area (Å²) in [5.41, 5.74) is 4.48. The minimum absolute atomic E-state index is 0.0448. The number of aromatic amines is 1. The second kappa shape index (κ2) is 4.75. The van der Waals surface area contributed by atoms with Crippen LogP contribution in [0, 0.1) is 0 Å². The molecule has 3 heterocycles. The van der Waals surface area contributed by atoms with Gasteiger partial charge in [-0.05, 0) is 35.9 Å². The van der Waals surface area contributed by atoms with Crippen LogP contribution < -0.4 is 14.8 Å². The highest BCUT2D eigenvalue weighted by Gasteiger charge is 2.32. The van der Waals surface area contributed by atoms with Gasteiger partial charge < -0.3 is 19.8 Å². The quantitative estimate of drug-likeness (QED) is 0.713. The van der Waals surface area contributed by atoms with Gasteiger partial charge in [0.2, 0.25) is 12.7 Å². The van der Waals surface area contributed by atoms with Crippen molar-refractivity contribution < 1.29 is 14.3 Å². The van der Waals surface area contributed by atoms with Gasteiger partial charge in [-0.3, -0.25) is 4.79 Å². The summed E-state index contributed by atoms with van der Waals surface area (Å²) in [5, 5.41) is 2.96. The lowest BCUT2D eigenvalue weighted by molar-refractivity contribution is -0.117. The molecule has 0 spiro atoms. The fourth-order valence-electron chi connectivity index (χ4n) is 3.59. The Morgan fingerprint density at radius 2 is 1.96 bits per heavy atom. The molecule has 0 bridgehead atoms. The summed E-state index contributed by atoms with van der Waals surface area (Å²) in [6, 6.07) is 9.80. The van der Waals surface area contributed by atoms with Gasteiger partial charge >= 0.3 is 0 Å². The van der Waals surface area contributed by atoms with Crippen LogP contribution in [0.25, 0.3) is 22.4 Å². The molecule has 5 rings (SSSR count). The lowest BCUT2D eigenvalue weighted by atomic mass is 9.78.